The monoisotopic (exact) mass is 240 g/mol. The molecule has 17 heavy (non-hydrogen) atoms. The number of fused-ring (bicyclic) bond motifs is 1. The Balaban J connectivity index is 2.17. The molecule has 0 amide bonds. The number of methoxy groups -OCH3 is 1. The van der Waals surface area contributed by atoms with Gasteiger partial charge in [0.25, 0.3) is 0 Å². The van der Waals surface area contributed by atoms with Gasteiger partial charge in [-0.15, -0.1) is 0 Å². The van der Waals surface area contributed by atoms with E-state index in [9.17, 15) is 4.79 Å². The summed E-state index contributed by atoms with van der Waals surface area (Å²) >= 11 is 0. The van der Waals surface area contributed by atoms with Crippen molar-refractivity contribution in [2.24, 2.45) is 5.92 Å². The van der Waals surface area contributed by atoms with Gasteiger partial charge in [0.1, 0.15) is 11.7 Å². The molecule has 3 atom stereocenters. The zero-order valence-corrected chi connectivity index (χ0v) is 10.6. The second-order valence-electron chi connectivity index (χ2n) is 5.06. The zero-order valence-electron chi connectivity index (χ0n) is 10.6. The summed E-state index contributed by atoms with van der Waals surface area (Å²) in [5.74, 6) is 0.388. The van der Waals surface area contributed by atoms with Gasteiger partial charge in [-0.1, -0.05) is 13.8 Å². The molecule has 4 heteroatoms. The standard InChI is InChI=1S/C13H20O4/c1-9(2)12-16-11-8-10(14)4-5-13(11,17-12)6-7-15-3/h4-5,9,11-12H,6-8H2,1-3H3/t11-,12+,13-/m0/s1. The molecule has 2 rings (SSSR count). The molecule has 1 heterocycles. The van der Waals surface area contributed by atoms with Crippen molar-refractivity contribution in [3.05, 3.63) is 12.2 Å². The van der Waals surface area contributed by atoms with E-state index >= 15 is 0 Å². The number of carbonyl (C=O) groups excluding carboxylic acids is 1. The summed E-state index contributed by atoms with van der Waals surface area (Å²) in [6.07, 6.45) is 4.20. The summed E-state index contributed by atoms with van der Waals surface area (Å²) in [7, 11) is 1.67. The Morgan fingerprint density at radius 2 is 2.35 bits per heavy atom. The van der Waals surface area contributed by atoms with Crippen molar-refractivity contribution in [3.63, 3.8) is 0 Å². The van der Waals surface area contributed by atoms with Gasteiger partial charge in [-0.2, -0.15) is 0 Å². The van der Waals surface area contributed by atoms with Crippen LogP contribution in [0.3, 0.4) is 0 Å². The van der Waals surface area contributed by atoms with Crippen molar-refractivity contribution in [2.45, 2.75) is 44.7 Å². The molecule has 0 bridgehead atoms. The number of hydrogen-bond donors (Lipinski definition) is 0. The topological polar surface area (TPSA) is 44.8 Å². The van der Waals surface area contributed by atoms with Crippen LogP contribution in [0, 0.1) is 5.92 Å². The molecule has 1 aliphatic carbocycles. The Morgan fingerprint density at radius 3 is 3.00 bits per heavy atom. The summed E-state index contributed by atoms with van der Waals surface area (Å²) in [6.45, 7) is 4.71. The molecule has 2 aliphatic rings. The minimum Gasteiger partial charge on any atom is -0.385 e. The van der Waals surface area contributed by atoms with Gasteiger partial charge in [0, 0.05) is 32.5 Å². The predicted molar refractivity (Wildman–Crippen MR) is 62.6 cm³/mol. The molecule has 0 aromatic rings. The van der Waals surface area contributed by atoms with Gasteiger partial charge in [0.15, 0.2) is 12.1 Å². The van der Waals surface area contributed by atoms with E-state index in [0.29, 0.717) is 13.0 Å². The maximum Gasteiger partial charge on any atom is 0.161 e. The van der Waals surface area contributed by atoms with Crippen molar-refractivity contribution < 1.29 is 19.0 Å². The van der Waals surface area contributed by atoms with Crippen molar-refractivity contribution in [1.82, 2.24) is 0 Å². The third-order valence-corrected chi connectivity index (χ3v) is 3.36. The Hall–Kier alpha value is -0.710. The van der Waals surface area contributed by atoms with Gasteiger partial charge in [-0.25, -0.2) is 0 Å². The number of ketones is 1. The molecule has 0 unspecified atom stereocenters. The minimum absolute atomic E-state index is 0.107. The van der Waals surface area contributed by atoms with Crippen LogP contribution in [-0.4, -0.2) is 37.5 Å². The average Bonchev–Trinajstić information content (AvgIpc) is 2.66. The van der Waals surface area contributed by atoms with Gasteiger partial charge < -0.3 is 14.2 Å². The summed E-state index contributed by atoms with van der Waals surface area (Å²) in [6, 6.07) is 0. The first kappa shape index (κ1) is 12.7. The molecule has 0 aromatic heterocycles. The fourth-order valence-electron chi connectivity index (χ4n) is 2.31. The largest absolute Gasteiger partial charge is 0.385 e. The highest BCUT2D eigenvalue weighted by atomic mass is 16.7. The molecule has 0 radical (unpaired) electrons. The van der Waals surface area contributed by atoms with E-state index in [-0.39, 0.29) is 24.1 Å². The molecule has 0 spiro atoms. The second kappa shape index (κ2) is 4.88. The Morgan fingerprint density at radius 1 is 1.59 bits per heavy atom. The number of carbonyl (C=O) groups is 1. The highest BCUT2D eigenvalue weighted by Gasteiger charge is 2.50. The fraction of sp³-hybridized carbons (Fsp3) is 0.769. The van der Waals surface area contributed by atoms with Crippen LogP contribution in [0.1, 0.15) is 26.7 Å². The van der Waals surface area contributed by atoms with Gasteiger partial charge in [-0.3, -0.25) is 4.79 Å². The third-order valence-electron chi connectivity index (χ3n) is 3.36. The van der Waals surface area contributed by atoms with E-state index in [4.69, 9.17) is 14.2 Å². The van der Waals surface area contributed by atoms with E-state index in [1.807, 2.05) is 6.08 Å². The predicted octanol–water partition coefficient (Wildman–Crippen LogP) is 1.69. The van der Waals surface area contributed by atoms with E-state index < -0.39 is 5.60 Å². The van der Waals surface area contributed by atoms with Crippen LogP contribution in [-0.2, 0) is 19.0 Å². The van der Waals surface area contributed by atoms with Crippen molar-refractivity contribution >= 4 is 5.78 Å². The van der Waals surface area contributed by atoms with Crippen LogP contribution in [0.25, 0.3) is 0 Å². The molecule has 1 aliphatic heterocycles. The van der Waals surface area contributed by atoms with Crippen LogP contribution >= 0.6 is 0 Å². The zero-order chi connectivity index (χ0) is 12.5. The summed E-state index contributed by atoms with van der Waals surface area (Å²) in [5, 5.41) is 0. The fourth-order valence-corrected chi connectivity index (χ4v) is 2.31. The molecule has 0 N–H and O–H groups in total. The summed E-state index contributed by atoms with van der Waals surface area (Å²) in [4.78, 5) is 11.4. The van der Waals surface area contributed by atoms with Crippen molar-refractivity contribution in [3.8, 4) is 0 Å². The van der Waals surface area contributed by atoms with Crippen LogP contribution in [0.4, 0.5) is 0 Å². The van der Waals surface area contributed by atoms with E-state index in [0.717, 1.165) is 6.42 Å². The lowest BCUT2D eigenvalue weighted by molar-refractivity contribution is -0.119. The van der Waals surface area contributed by atoms with E-state index in [1.165, 1.54) is 0 Å². The smallest absolute Gasteiger partial charge is 0.161 e. The summed E-state index contributed by atoms with van der Waals surface area (Å²) in [5.41, 5.74) is -0.473. The van der Waals surface area contributed by atoms with Crippen LogP contribution in [0.2, 0.25) is 0 Å². The van der Waals surface area contributed by atoms with Crippen LogP contribution in [0.5, 0.6) is 0 Å². The lowest BCUT2D eigenvalue weighted by atomic mass is 9.85. The molecular formula is C13H20O4. The van der Waals surface area contributed by atoms with E-state index in [2.05, 4.69) is 13.8 Å². The van der Waals surface area contributed by atoms with Gasteiger partial charge >= 0.3 is 0 Å². The molecular weight excluding hydrogens is 220 g/mol. The Bertz CT molecular complexity index is 323. The van der Waals surface area contributed by atoms with Gasteiger partial charge in [-0.05, 0) is 12.2 Å². The highest BCUT2D eigenvalue weighted by molar-refractivity contribution is 5.91. The third kappa shape index (κ3) is 2.44. The molecule has 1 saturated heterocycles. The number of ether oxygens (including phenoxy) is 3. The molecule has 0 aromatic carbocycles. The maximum absolute atomic E-state index is 11.4. The number of allylic oxidation sites excluding steroid dienone is 1. The van der Waals surface area contributed by atoms with Gasteiger partial charge in [0.05, 0.1) is 0 Å². The lowest BCUT2D eigenvalue weighted by Crippen LogP contribution is -2.42. The van der Waals surface area contributed by atoms with Gasteiger partial charge in [0.2, 0.25) is 0 Å². The number of hydrogen-bond acceptors (Lipinski definition) is 4. The Kier molecular flexibility index (Phi) is 3.66. The first-order valence-corrected chi connectivity index (χ1v) is 6.12. The quantitative estimate of drug-likeness (QED) is 0.750. The molecule has 96 valence electrons. The first-order chi connectivity index (χ1) is 8.07. The van der Waals surface area contributed by atoms with Crippen LogP contribution in [0.15, 0.2) is 12.2 Å². The van der Waals surface area contributed by atoms with Crippen LogP contribution < -0.4 is 0 Å². The second-order valence-corrected chi connectivity index (χ2v) is 5.06. The highest BCUT2D eigenvalue weighted by Crippen LogP contribution is 2.40. The minimum atomic E-state index is -0.473. The molecule has 4 nitrogen and oxygen atoms in total. The maximum atomic E-state index is 11.4. The number of rotatable bonds is 4. The average molecular weight is 240 g/mol. The SMILES string of the molecule is COCC[C@@]12C=CC(=O)C[C@@H]1O[C@@H](C(C)C)O2. The first-order valence-electron chi connectivity index (χ1n) is 6.12. The molecule has 1 fully saturated rings. The van der Waals surface area contributed by atoms with Crippen molar-refractivity contribution in [2.75, 3.05) is 13.7 Å². The molecule has 0 saturated carbocycles. The normalized spacial score (nSPS) is 36.6. The lowest BCUT2D eigenvalue weighted by Gasteiger charge is -2.31. The van der Waals surface area contributed by atoms with E-state index in [1.54, 1.807) is 13.2 Å². The Labute approximate surface area is 102 Å². The van der Waals surface area contributed by atoms with Crippen molar-refractivity contribution in [1.29, 1.82) is 0 Å². The summed E-state index contributed by atoms with van der Waals surface area (Å²) < 4.78 is 17.0.